The van der Waals surface area contributed by atoms with Gasteiger partial charge < -0.3 is 14.8 Å². The minimum Gasteiger partial charge on any atom is -0.493 e. The molecule has 130 valence electrons. The lowest BCUT2D eigenvalue weighted by molar-refractivity contribution is -0.134. The number of carbonyl (C=O) groups excluding carboxylic acids is 2. The molecule has 0 aliphatic carbocycles. The first-order valence-corrected chi connectivity index (χ1v) is 8.44. The van der Waals surface area contributed by atoms with Crippen LogP contribution in [0.3, 0.4) is 0 Å². The molecular weight excluding hydrogens is 308 g/mol. The molecule has 0 aromatic heterocycles. The molecule has 3 amide bonds. The number of carbonyl (C=O) groups is 2. The Bertz CT molecular complexity index is 618. The number of imide groups is 1. The first kappa shape index (κ1) is 16.8. The molecule has 2 aliphatic rings. The van der Waals surface area contributed by atoms with Crippen LogP contribution in [0.2, 0.25) is 0 Å². The van der Waals surface area contributed by atoms with Gasteiger partial charge in [0.05, 0.1) is 6.61 Å². The number of aryl methyl sites for hydroxylation is 2. The van der Waals surface area contributed by atoms with Gasteiger partial charge in [0, 0.05) is 32.6 Å². The van der Waals surface area contributed by atoms with Gasteiger partial charge in [-0.15, -0.1) is 0 Å². The molecule has 0 atom stereocenters. The summed E-state index contributed by atoms with van der Waals surface area (Å²) in [4.78, 5) is 26.1. The Balaban J connectivity index is 1.53. The van der Waals surface area contributed by atoms with Crippen molar-refractivity contribution in [2.45, 2.75) is 38.6 Å². The topological polar surface area (TPSA) is 67.9 Å². The van der Waals surface area contributed by atoms with E-state index in [1.165, 1.54) is 4.90 Å². The van der Waals surface area contributed by atoms with E-state index in [0.717, 1.165) is 16.9 Å². The molecule has 6 nitrogen and oxygen atoms in total. The minimum absolute atomic E-state index is 0.122. The zero-order valence-corrected chi connectivity index (χ0v) is 14.3. The van der Waals surface area contributed by atoms with Gasteiger partial charge in [-0.05, 0) is 31.4 Å². The molecule has 2 saturated heterocycles. The van der Waals surface area contributed by atoms with E-state index in [9.17, 15) is 9.59 Å². The third-order valence-corrected chi connectivity index (χ3v) is 4.77. The van der Waals surface area contributed by atoms with Crippen molar-refractivity contribution in [1.82, 2.24) is 10.2 Å². The van der Waals surface area contributed by atoms with Crippen LogP contribution in [-0.2, 0) is 9.53 Å². The number of benzene rings is 1. The Morgan fingerprint density at radius 3 is 2.54 bits per heavy atom. The van der Waals surface area contributed by atoms with Crippen molar-refractivity contribution in [1.29, 1.82) is 0 Å². The monoisotopic (exact) mass is 332 g/mol. The highest BCUT2D eigenvalue weighted by Gasteiger charge is 2.51. The van der Waals surface area contributed by atoms with Crippen LogP contribution in [0.25, 0.3) is 0 Å². The largest absolute Gasteiger partial charge is 0.493 e. The van der Waals surface area contributed by atoms with Crippen molar-refractivity contribution in [3.8, 4) is 5.75 Å². The van der Waals surface area contributed by atoms with E-state index in [1.54, 1.807) is 0 Å². The SMILES string of the molecule is Cc1cccc(C)c1OCCCN1C(=O)NC2(CCOCC2)C1=O. The summed E-state index contributed by atoms with van der Waals surface area (Å²) >= 11 is 0. The highest BCUT2D eigenvalue weighted by Crippen LogP contribution is 2.28. The summed E-state index contributed by atoms with van der Waals surface area (Å²) in [5.74, 6) is 0.762. The van der Waals surface area contributed by atoms with Gasteiger partial charge in [0.2, 0.25) is 0 Å². The molecular formula is C18H24N2O4. The molecule has 2 fully saturated rings. The average molecular weight is 332 g/mol. The van der Waals surface area contributed by atoms with Crippen LogP contribution in [0.5, 0.6) is 5.75 Å². The van der Waals surface area contributed by atoms with Crippen molar-refractivity contribution in [2.24, 2.45) is 0 Å². The van der Waals surface area contributed by atoms with Gasteiger partial charge in [-0.25, -0.2) is 4.79 Å². The summed E-state index contributed by atoms with van der Waals surface area (Å²) in [5.41, 5.74) is 1.43. The zero-order chi connectivity index (χ0) is 17.2. The number of ether oxygens (including phenoxy) is 2. The fourth-order valence-electron chi connectivity index (χ4n) is 3.36. The maximum atomic E-state index is 12.6. The summed E-state index contributed by atoms with van der Waals surface area (Å²) in [7, 11) is 0. The predicted octanol–water partition coefficient (Wildman–Crippen LogP) is 2.17. The number of para-hydroxylation sites is 1. The lowest BCUT2D eigenvalue weighted by atomic mass is 9.90. The maximum Gasteiger partial charge on any atom is 0.325 e. The van der Waals surface area contributed by atoms with Crippen molar-refractivity contribution in [3.05, 3.63) is 29.3 Å². The van der Waals surface area contributed by atoms with Crippen molar-refractivity contribution >= 4 is 11.9 Å². The van der Waals surface area contributed by atoms with Gasteiger partial charge in [-0.1, -0.05) is 18.2 Å². The molecule has 2 aliphatic heterocycles. The lowest BCUT2D eigenvalue weighted by Crippen LogP contribution is -2.51. The molecule has 3 rings (SSSR count). The first-order valence-electron chi connectivity index (χ1n) is 8.44. The summed E-state index contributed by atoms with van der Waals surface area (Å²) in [6.07, 6.45) is 1.71. The molecule has 1 N–H and O–H groups in total. The van der Waals surface area contributed by atoms with Crippen molar-refractivity contribution in [3.63, 3.8) is 0 Å². The van der Waals surface area contributed by atoms with Crippen LogP contribution in [0.15, 0.2) is 18.2 Å². The van der Waals surface area contributed by atoms with E-state index < -0.39 is 5.54 Å². The van der Waals surface area contributed by atoms with E-state index in [2.05, 4.69) is 5.32 Å². The van der Waals surface area contributed by atoms with Gasteiger partial charge in [0.25, 0.3) is 5.91 Å². The van der Waals surface area contributed by atoms with Crippen LogP contribution in [0.4, 0.5) is 4.79 Å². The quantitative estimate of drug-likeness (QED) is 0.663. The number of nitrogens with one attached hydrogen (secondary N) is 1. The van der Waals surface area contributed by atoms with E-state index in [0.29, 0.717) is 45.6 Å². The second kappa shape index (κ2) is 6.81. The van der Waals surface area contributed by atoms with Gasteiger partial charge in [-0.2, -0.15) is 0 Å². The number of hydrogen-bond donors (Lipinski definition) is 1. The second-order valence-electron chi connectivity index (χ2n) is 6.50. The van der Waals surface area contributed by atoms with Gasteiger partial charge in [0.15, 0.2) is 0 Å². The molecule has 1 aromatic carbocycles. The molecule has 1 spiro atoms. The Labute approximate surface area is 142 Å². The number of nitrogens with zero attached hydrogens (tertiary/aromatic N) is 1. The van der Waals surface area contributed by atoms with Crippen molar-refractivity contribution in [2.75, 3.05) is 26.4 Å². The van der Waals surface area contributed by atoms with Gasteiger partial charge in [0.1, 0.15) is 11.3 Å². The summed E-state index contributed by atoms with van der Waals surface area (Å²) in [6.45, 7) is 5.88. The second-order valence-corrected chi connectivity index (χ2v) is 6.50. The Morgan fingerprint density at radius 1 is 1.21 bits per heavy atom. The highest BCUT2D eigenvalue weighted by molar-refractivity contribution is 6.07. The van der Waals surface area contributed by atoms with E-state index in [4.69, 9.17) is 9.47 Å². The van der Waals surface area contributed by atoms with E-state index >= 15 is 0 Å². The Morgan fingerprint density at radius 2 is 1.88 bits per heavy atom. The third kappa shape index (κ3) is 3.11. The van der Waals surface area contributed by atoms with Crippen molar-refractivity contribution < 1.29 is 19.1 Å². The molecule has 0 unspecified atom stereocenters. The summed E-state index contributed by atoms with van der Waals surface area (Å²) in [5, 5.41) is 2.86. The fourth-order valence-corrected chi connectivity index (χ4v) is 3.36. The standard InChI is InChI=1S/C18H24N2O4/c1-13-5-3-6-14(2)15(13)24-10-4-9-20-16(21)18(19-17(20)22)7-11-23-12-8-18/h3,5-6H,4,7-12H2,1-2H3,(H,19,22). The number of amides is 3. The molecule has 24 heavy (non-hydrogen) atoms. The average Bonchev–Trinajstić information content (AvgIpc) is 2.78. The predicted molar refractivity (Wildman–Crippen MR) is 89.1 cm³/mol. The molecule has 0 radical (unpaired) electrons. The minimum atomic E-state index is -0.747. The van der Waals surface area contributed by atoms with Gasteiger partial charge in [-0.3, -0.25) is 9.69 Å². The van der Waals surface area contributed by atoms with E-state index in [1.807, 2.05) is 32.0 Å². The summed E-state index contributed by atoms with van der Waals surface area (Å²) < 4.78 is 11.1. The smallest absolute Gasteiger partial charge is 0.325 e. The number of rotatable bonds is 5. The highest BCUT2D eigenvalue weighted by atomic mass is 16.5. The summed E-state index contributed by atoms with van der Waals surface area (Å²) in [6, 6.07) is 5.72. The zero-order valence-electron chi connectivity index (χ0n) is 14.3. The third-order valence-electron chi connectivity index (χ3n) is 4.77. The normalized spacial score (nSPS) is 19.7. The Hall–Kier alpha value is -2.08. The van der Waals surface area contributed by atoms with Gasteiger partial charge >= 0.3 is 6.03 Å². The number of urea groups is 1. The van der Waals surface area contributed by atoms with Crippen LogP contribution in [0, 0.1) is 13.8 Å². The molecule has 2 heterocycles. The van der Waals surface area contributed by atoms with E-state index in [-0.39, 0.29) is 11.9 Å². The maximum absolute atomic E-state index is 12.6. The Kier molecular flexibility index (Phi) is 4.76. The molecule has 6 heteroatoms. The van der Waals surface area contributed by atoms with Crippen LogP contribution in [-0.4, -0.2) is 48.7 Å². The fraction of sp³-hybridized carbons (Fsp3) is 0.556. The lowest BCUT2D eigenvalue weighted by Gasteiger charge is -2.30. The van der Waals surface area contributed by atoms with Crippen LogP contribution >= 0.6 is 0 Å². The molecule has 1 aromatic rings. The number of hydrogen-bond acceptors (Lipinski definition) is 4. The molecule has 0 saturated carbocycles. The van der Waals surface area contributed by atoms with Crippen LogP contribution in [0.1, 0.15) is 30.4 Å². The molecule has 0 bridgehead atoms. The van der Waals surface area contributed by atoms with Crippen LogP contribution < -0.4 is 10.1 Å². The first-order chi connectivity index (χ1) is 11.5.